The van der Waals surface area contributed by atoms with Gasteiger partial charge in [-0.25, -0.2) is 5.84 Å². The summed E-state index contributed by atoms with van der Waals surface area (Å²) in [4.78, 5) is 12.7. The van der Waals surface area contributed by atoms with Crippen molar-refractivity contribution in [2.45, 2.75) is 17.6 Å². The minimum absolute atomic E-state index is 0.288. The highest BCUT2D eigenvalue weighted by Crippen LogP contribution is 2.28. The quantitative estimate of drug-likeness (QED) is 0.383. The van der Waals surface area contributed by atoms with E-state index in [-0.39, 0.29) is 5.91 Å². The van der Waals surface area contributed by atoms with Gasteiger partial charge in [0.25, 0.3) is 5.91 Å². The molecule has 0 aliphatic carbocycles. The fourth-order valence-corrected chi connectivity index (χ4v) is 3.48. The highest BCUT2D eigenvalue weighted by atomic mass is 79.9. The normalized spacial score (nSPS) is 10.3. The van der Waals surface area contributed by atoms with Crippen molar-refractivity contribution in [2.75, 3.05) is 0 Å². The van der Waals surface area contributed by atoms with Crippen LogP contribution in [0.1, 0.15) is 21.5 Å². The third kappa shape index (κ3) is 3.85. The summed E-state index contributed by atoms with van der Waals surface area (Å²) in [6.07, 6.45) is 0. The molecule has 2 aromatic rings. The summed E-state index contributed by atoms with van der Waals surface area (Å²) in [5.74, 6) is 5.68. The van der Waals surface area contributed by atoms with Crippen molar-refractivity contribution in [3.63, 3.8) is 0 Å². The van der Waals surface area contributed by atoms with Gasteiger partial charge in [0.2, 0.25) is 0 Å². The maximum Gasteiger partial charge on any atom is 0.265 e. The molecule has 0 aliphatic heterocycles. The lowest BCUT2D eigenvalue weighted by atomic mass is 10.1. The van der Waals surface area contributed by atoms with Crippen molar-refractivity contribution >= 4 is 33.6 Å². The highest BCUT2D eigenvalue weighted by molar-refractivity contribution is 9.10. The molecule has 0 unspecified atom stereocenters. The zero-order chi connectivity index (χ0) is 14.5. The fourth-order valence-electron chi connectivity index (χ4n) is 1.76. The van der Waals surface area contributed by atoms with Gasteiger partial charge in [-0.1, -0.05) is 39.7 Å². The average Bonchev–Trinajstić information content (AvgIpc) is 2.45. The van der Waals surface area contributed by atoms with Crippen LogP contribution in [0.4, 0.5) is 0 Å². The van der Waals surface area contributed by atoms with E-state index in [1.165, 1.54) is 10.5 Å². The number of nitrogens with one attached hydrogen (secondary N) is 1. The number of nitrogens with two attached hydrogens (primary N) is 1. The van der Waals surface area contributed by atoms with Gasteiger partial charge >= 0.3 is 0 Å². The number of amides is 1. The molecule has 5 heteroatoms. The summed E-state index contributed by atoms with van der Waals surface area (Å²) in [5.41, 5.74) is 5.07. The van der Waals surface area contributed by atoms with E-state index < -0.39 is 0 Å². The van der Waals surface area contributed by atoms with E-state index in [4.69, 9.17) is 5.84 Å². The molecule has 0 saturated carbocycles. The first-order chi connectivity index (χ1) is 9.60. The molecule has 1 amide bonds. The number of halogens is 1. The van der Waals surface area contributed by atoms with Crippen LogP contribution in [0.5, 0.6) is 0 Å². The fraction of sp³-hybridized carbons (Fsp3) is 0.133. The minimum Gasteiger partial charge on any atom is -0.290 e. The van der Waals surface area contributed by atoms with Crippen LogP contribution in [-0.2, 0) is 5.75 Å². The molecule has 2 aromatic carbocycles. The highest BCUT2D eigenvalue weighted by Gasteiger charge is 2.07. The molecule has 0 spiro atoms. The summed E-state index contributed by atoms with van der Waals surface area (Å²) in [5, 5.41) is 0. The monoisotopic (exact) mass is 350 g/mol. The molecule has 2 rings (SSSR count). The lowest BCUT2D eigenvalue weighted by molar-refractivity contribution is 0.0953. The van der Waals surface area contributed by atoms with Crippen molar-refractivity contribution in [1.82, 2.24) is 5.43 Å². The maximum atomic E-state index is 11.4. The largest absolute Gasteiger partial charge is 0.290 e. The molecule has 0 aliphatic rings. The Morgan fingerprint density at radius 2 is 2.10 bits per heavy atom. The van der Waals surface area contributed by atoms with Crippen LogP contribution in [0.15, 0.2) is 51.8 Å². The zero-order valence-corrected chi connectivity index (χ0v) is 13.4. The van der Waals surface area contributed by atoms with Gasteiger partial charge < -0.3 is 0 Å². The summed E-state index contributed by atoms with van der Waals surface area (Å²) in [6, 6.07) is 13.9. The lowest BCUT2D eigenvalue weighted by Crippen LogP contribution is -2.29. The van der Waals surface area contributed by atoms with E-state index in [9.17, 15) is 4.79 Å². The average molecular weight is 351 g/mol. The third-order valence-electron chi connectivity index (χ3n) is 2.83. The standard InChI is InChI=1S/C15H15BrN2OS/c1-10-3-2-4-13(7-10)20-9-12-6-5-11(8-14(12)16)15(19)18-17/h2-8H,9,17H2,1H3,(H,18,19). The van der Waals surface area contributed by atoms with Crippen LogP contribution in [0, 0.1) is 6.92 Å². The Labute approximate surface area is 131 Å². The van der Waals surface area contributed by atoms with Gasteiger partial charge in [-0.05, 0) is 36.8 Å². The van der Waals surface area contributed by atoms with Crippen LogP contribution in [0.25, 0.3) is 0 Å². The van der Waals surface area contributed by atoms with Gasteiger partial charge in [0, 0.05) is 20.7 Å². The third-order valence-corrected chi connectivity index (χ3v) is 4.61. The van der Waals surface area contributed by atoms with Crippen LogP contribution in [0.3, 0.4) is 0 Å². The van der Waals surface area contributed by atoms with Crippen LogP contribution < -0.4 is 11.3 Å². The molecule has 0 radical (unpaired) electrons. The molecule has 0 saturated heterocycles. The second-order valence-electron chi connectivity index (χ2n) is 4.38. The van der Waals surface area contributed by atoms with E-state index >= 15 is 0 Å². The Balaban J connectivity index is 2.08. The Morgan fingerprint density at radius 3 is 2.75 bits per heavy atom. The second-order valence-corrected chi connectivity index (χ2v) is 6.29. The van der Waals surface area contributed by atoms with E-state index in [0.29, 0.717) is 5.56 Å². The number of benzene rings is 2. The van der Waals surface area contributed by atoms with Crippen molar-refractivity contribution in [3.8, 4) is 0 Å². The van der Waals surface area contributed by atoms with Gasteiger partial charge in [-0.2, -0.15) is 0 Å². The van der Waals surface area contributed by atoms with Gasteiger partial charge in [0.1, 0.15) is 0 Å². The molecule has 0 atom stereocenters. The number of carbonyl (C=O) groups is 1. The number of aryl methyl sites for hydroxylation is 1. The molecule has 0 heterocycles. The topological polar surface area (TPSA) is 55.1 Å². The molecular weight excluding hydrogens is 336 g/mol. The first-order valence-electron chi connectivity index (χ1n) is 6.09. The van der Waals surface area contributed by atoms with Crippen molar-refractivity contribution < 1.29 is 4.79 Å². The Bertz CT molecular complexity index is 631. The van der Waals surface area contributed by atoms with Gasteiger partial charge in [0.15, 0.2) is 0 Å². The number of carbonyl (C=O) groups excluding carboxylic acids is 1. The number of hydrogen-bond acceptors (Lipinski definition) is 3. The molecule has 104 valence electrons. The Morgan fingerprint density at radius 1 is 1.30 bits per heavy atom. The first kappa shape index (κ1) is 15.1. The van der Waals surface area contributed by atoms with Gasteiger partial charge in [-0.3, -0.25) is 10.2 Å². The minimum atomic E-state index is -0.288. The zero-order valence-electron chi connectivity index (χ0n) is 11.0. The van der Waals surface area contributed by atoms with Crippen LogP contribution in [0.2, 0.25) is 0 Å². The first-order valence-corrected chi connectivity index (χ1v) is 7.87. The Hall–Kier alpha value is -1.30. The van der Waals surface area contributed by atoms with E-state index in [1.54, 1.807) is 23.9 Å². The molecule has 20 heavy (non-hydrogen) atoms. The van der Waals surface area contributed by atoms with Crippen molar-refractivity contribution in [1.29, 1.82) is 0 Å². The predicted octanol–water partition coefficient (Wildman–Crippen LogP) is 3.65. The van der Waals surface area contributed by atoms with Crippen molar-refractivity contribution in [3.05, 3.63) is 63.6 Å². The molecule has 0 aromatic heterocycles. The summed E-state index contributed by atoms with van der Waals surface area (Å²) in [6.45, 7) is 2.08. The van der Waals surface area contributed by atoms with Crippen molar-refractivity contribution in [2.24, 2.45) is 5.84 Å². The van der Waals surface area contributed by atoms with Gasteiger partial charge in [-0.15, -0.1) is 11.8 Å². The van der Waals surface area contributed by atoms with E-state index in [1.807, 2.05) is 6.07 Å². The van der Waals surface area contributed by atoms with E-state index in [0.717, 1.165) is 15.8 Å². The van der Waals surface area contributed by atoms with Crippen LogP contribution in [-0.4, -0.2) is 5.91 Å². The lowest BCUT2D eigenvalue weighted by Gasteiger charge is -2.07. The smallest absolute Gasteiger partial charge is 0.265 e. The number of rotatable bonds is 4. The summed E-state index contributed by atoms with van der Waals surface area (Å²) < 4.78 is 0.916. The molecular formula is C15H15BrN2OS. The second kappa shape index (κ2) is 6.92. The number of thioether (sulfide) groups is 1. The SMILES string of the molecule is Cc1cccc(SCc2ccc(C(=O)NN)cc2Br)c1. The molecule has 3 nitrogen and oxygen atoms in total. The van der Waals surface area contributed by atoms with E-state index in [2.05, 4.69) is 52.5 Å². The number of nitrogen functional groups attached to an aromatic ring is 1. The number of hydrogen-bond donors (Lipinski definition) is 2. The van der Waals surface area contributed by atoms with Gasteiger partial charge in [0.05, 0.1) is 0 Å². The predicted molar refractivity (Wildman–Crippen MR) is 86.5 cm³/mol. The molecule has 3 N–H and O–H groups in total. The molecule has 0 fully saturated rings. The van der Waals surface area contributed by atoms with Crippen LogP contribution >= 0.6 is 27.7 Å². The Kier molecular flexibility index (Phi) is 5.23. The molecule has 0 bridgehead atoms. The maximum absolute atomic E-state index is 11.4. The summed E-state index contributed by atoms with van der Waals surface area (Å²) >= 11 is 5.27. The summed E-state index contributed by atoms with van der Waals surface area (Å²) in [7, 11) is 0. The number of hydrazine groups is 1.